The zero-order valence-corrected chi connectivity index (χ0v) is 25.0. The van der Waals surface area contributed by atoms with Gasteiger partial charge < -0.3 is 4.42 Å². The van der Waals surface area contributed by atoms with Crippen molar-refractivity contribution in [2.45, 2.75) is 8.65 Å². The fraction of sp³-hybridized carbons (Fsp3) is 0.0714. The molecule has 0 saturated heterocycles. The lowest BCUT2D eigenvalue weighted by atomic mass is 9.90. The highest BCUT2D eigenvalue weighted by atomic mass is 79.9. The summed E-state index contributed by atoms with van der Waals surface area (Å²) < 4.78 is 4.50. The Hall–Kier alpha value is -1.86. The minimum absolute atomic E-state index is 0.312. The van der Waals surface area contributed by atoms with E-state index in [0.29, 0.717) is 31.9 Å². The first-order chi connectivity index (χ1) is 17.7. The Bertz CT molecular complexity index is 1440. The summed E-state index contributed by atoms with van der Waals surface area (Å²) in [6, 6.07) is 29.8. The lowest BCUT2D eigenvalue weighted by Crippen LogP contribution is -2.23. The van der Waals surface area contributed by atoms with Crippen LogP contribution in [-0.4, -0.2) is 10.2 Å². The first-order valence-corrected chi connectivity index (χ1v) is 14.1. The van der Waals surface area contributed by atoms with Gasteiger partial charge in [-0.25, -0.2) is 0 Å². The third-order valence-corrected chi connectivity index (χ3v) is 9.43. The van der Waals surface area contributed by atoms with Crippen LogP contribution < -0.4 is 0 Å². The van der Waals surface area contributed by atoms with E-state index in [9.17, 15) is 0 Å². The van der Waals surface area contributed by atoms with Crippen LogP contribution in [0.2, 0.25) is 20.1 Å². The third-order valence-electron chi connectivity index (χ3n) is 5.94. The summed E-state index contributed by atoms with van der Waals surface area (Å²) in [5.74, 6) is 0.624. The lowest BCUT2D eigenvalue weighted by molar-refractivity contribution is 0.425. The van der Waals surface area contributed by atoms with E-state index < -0.39 is 8.65 Å². The highest BCUT2D eigenvalue weighted by Gasteiger charge is 2.44. The molecule has 4 aromatic carbocycles. The van der Waals surface area contributed by atoms with E-state index in [4.69, 9.17) is 50.8 Å². The van der Waals surface area contributed by atoms with Crippen LogP contribution in [0.1, 0.15) is 34.0 Å². The Kier molecular flexibility index (Phi) is 7.75. The fourth-order valence-electron chi connectivity index (χ4n) is 4.09. The summed E-state index contributed by atoms with van der Waals surface area (Å²) in [7, 11) is 0. The molecule has 0 N–H and O–H groups in total. The molecule has 0 aliphatic carbocycles. The van der Waals surface area contributed by atoms with Gasteiger partial charge in [0.1, 0.15) is 0 Å². The minimum atomic E-state index is -1.00. The van der Waals surface area contributed by atoms with Crippen LogP contribution in [0.3, 0.4) is 0 Å². The first-order valence-electron chi connectivity index (χ1n) is 11.0. The Morgan fingerprint density at radius 2 is 0.865 bits per heavy atom. The molecule has 5 rings (SSSR count). The third kappa shape index (κ3) is 5.10. The second-order valence-electron chi connectivity index (χ2n) is 8.26. The molecule has 0 amide bonds. The van der Waals surface area contributed by atoms with Crippen LogP contribution >= 0.6 is 78.3 Å². The van der Waals surface area contributed by atoms with Crippen molar-refractivity contribution in [2.75, 3.05) is 0 Å². The van der Waals surface area contributed by atoms with Gasteiger partial charge in [-0.1, -0.05) is 127 Å². The Balaban J connectivity index is 1.72. The van der Waals surface area contributed by atoms with Gasteiger partial charge in [-0.05, 0) is 70.8 Å². The highest BCUT2D eigenvalue weighted by Crippen LogP contribution is 2.49. The molecule has 1 heterocycles. The molecule has 9 heteroatoms. The van der Waals surface area contributed by atoms with Gasteiger partial charge in [0.25, 0.3) is 0 Å². The molecular weight excluding hydrogens is 682 g/mol. The van der Waals surface area contributed by atoms with Crippen molar-refractivity contribution >= 4 is 78.3 Å². The van der Waals surface area contributed by atoms with Crippen LogP contribution in [0.25, 0.3) is 0 Å². The van der Waals surface area contributed by atoms with Gasteiger partial charge >= 0.3 is 0 Å². The molecule has 1 aromatic heterocycles. The van der Waals surface area contributed by atoms with E-state index in [2.05, 4.69) is 42.1 Å². The fourth-order valence-corrected chi connectivity index (χ4v) is 6.07. The summed E-state index contributed by atoms with van der Waals surface area (Å²) in [6.45, 7) is 0. The van der Waals surface area contributed by atoms with E-state index in [0.717, 1.165) is 22.3 Å². The molecule has 2 atom stereocenters. The minimum Gasteiger partial charge on any atom is -0.421 e. The summed E-state index contributed by atoms with van der Waals surface area (Å²) >= 11 is 33.0. The monoisotopic (exact) mass is 694 g/mol. The smallest absolute Gasteiger partial charge is 0.242 e. The molecule has 0 unspecified atom stereocenters. The van der Waals surface area contributed by atoms with Crippen LogP contribution in [0.5, 0.6) is 0 Å². The van der Waals surface area contributed by atoms with Gasteiger partial charge in [-0.2, -0.15) is 0 Å². The summed E-state index contributed by atoms with van der Waals surface area (Å²) in [4.78, 5) is 0. The molecule has 3 nitrogen and oxygen atoms in total. The second kappa shape index (κ2) is 10.7. The van der Waals surface area contributed by atoms with Gasteiger partial charge in [0.05, 0.1) is 0 Å². The van der Waals surface area contributed by atoms with Crippen LogP contribution in [0.15, 0.2) is 101 Å². The number of hydrogen-bond acceptors (Lipinski definition) is 3. The summed E-state index contributed by atoms with van der Waals surface area (Å²) in [5, 5.41) is 11.4. The number of alkyl halides is 2. The van der Waals surface area contributed by atoms with Crippen molar-refractivity contribution in [3.05, 3.63) is 151 Å². The lowest BCUT2D eigenvalue weighted by Gasteiger charge is -2.27. The highest BCUT2D eigenvalue weighted by molar-refractivity contribution is 9.10. The Morgan fingerprint density at radius 3 is 1.22 bits per heavy atom. The Morgan fingerprint density at radius 1 is 0.486 bits per heavy atom. The maximum Gasteiger partial charge on any atom is 0.242 e. The van der Waals surface area contributed by atoms with Gasteiger partial charge in [-0.15, -0.1) is 10.2 Å². The molecule has 5 aromatic rings. The van der Waals surface area contributed by atoms with E-state index in [1.54, 1.807) is 0 Å². The molecule has 186 valence electrons. The Labute approximate surface area is 251 Å². The maximum atomic E-state index is 6.50. The van der Waals surface area contributed by atoms with Crippen molar-refractivity contribution in [3.63, 3.8) is 0 Å². The molecule has 0 fully saturated rings. The zero-order valence-electron chi connectivity index (χ0n) is 18.8. The van der Waals surface area contributed by atoms with Gasteiger partial charge in [0, 0.05) is 20.1 Å². The SMILES string of the molecule is Clc1ccc([C@](Br)(c2cccc(Cl)c2)c2nnc([C@](Br)(c3ccc(Cl)cc3)c3cccc(Cl)c3)o2)cc1. The van der Waals surface area contributed by atoms with E-state index in [-0.39, 0.29) is 0 Å². The van der Waals surface area contributed by atoms with Gasteiger partial charge in [0.15, 0.2) is 8.65 Å². The van der Waals surface area contributed by atoms with Crippen LogP contribution in [0.4, 0.5) is 0 Å². The molecule has 0 aliphatic heterocycles. The number of hydrogen-bond donors (Lipinski definition) is 0. The predicted octanol–water partition coefficient (Wildman–Crippen LogP) is 10.1. The van der Waals surface area contributed by atoms with Crippen molar-refractivity contribution < 1.29 is 4.42 Å². The van der Waals surface area contributed by atoms with Crippen LogP contribution in [-0.2, 0) is 8.65 Å². The normalized spacial score (nSPS) is 14.6. The number of aromatic nitrogens is 2. The molecule has 0 saturated carbocycles. The van der Waals surface area contributed by atoms with Crippen molar-refractivity contribution in [1.29, 1.82) is 0 Å². The number of rotatable bonds is 6. The summed E-state index contributed by atoms with van der Waals surface area (Å²) in [6.07, 6.45) is 0. The second-order valence-corrected chi connectivity index (χ2v) is 12.4. The maximum absolute atomic E-state index is 6.50. The average Bonchev–Trinajstić information content (AvgIpc) is 3.40. The molecule has 0 aliphatic rings. The van der Waals surface area contributed by atoms with Crippen LogP contribution in [0, 0.1) is 0 Å². The van der Waals surface area contributed by atoms with E-state index in [1.807, 2.05) is 97.1 Å². The van der Waals surface area contributed by atoms with E-state index >= 15 is 0 Å². The van der Waals surface area contributed by atoms with Gasteiger partial charge in [-0.3, -0.25) is 0 Å². The quantitative estimate of drug-likeness (QED) is 0.166. The molecule has 0 spiro atoms. The largest absolute Gasteiger partial charge is 0.421 e. The topological polar surface area (TPSA) is 38.9 Å². The molecule has 0 bridgehead atoms. The molecule has 0 radical (unpaired) electrons. The predicted molar refractivity (Wildman–Crippen MR) is 158 cm³/mol. The van der Waals surface area contributed by atoms with E-state index in [1.165, 1.54) is 0 Å². The van der Waals surface area contributed by atoms with Crippen molar-refractivity contribution in [1.82, 2.24) is 10.2 Å². The number of nitrogens with zero attached hydrogens (tertiary/aromatic N) is 2. The standard InChI is InChI=1S/C28H16Br2Cl4N2O/c29-27(17-7-11-21(31)12-8-17,19-3-1-5-23(33)15-19)25-35-36-26(37-25)28(30,18-9-13-22(32)14-10-18)20-4-2-6-24(34)16-20/h1-16H/t27-,28-/m0/s1. The average molecular weight is 698 g/mol. The zero-order chi connectivity index (χ0) is 26.2. The van der Waals surface area contributed by atoms with Crippen molar-refractivity contribution in [2.24, 2.45) is 0 Å². The molecule has 37 heavy (non-hydrogen) atoms. The van der Waals surface area contributed by atoms with Crippen molar-refractivity contribution in [3.8, 4) is 0 Å². The van der Waals surface area contributed by atoms with Gasteiger partial charge in [0.2, 0.25) is 11.8 Å². The number of benzene rings is 4. The molecular formula is C28H16Br2Cl4N2O. The summed E-state index contributed by atoms with van der Waals surface area (Å²) in [5.41, 5.74) is 3.30. The number of halogens is 6. The first kappa shape index (κ1) is 26.7.